The van der Waals surface area contributed by atoms with E-state index in [-0.39, 0.29) is 11.8 Å². The van der Waals surface area contributed by atoms with E-state index in [1.165, 1.54) is 60.3 Å². The Labute approximate surface area is 381 Å². The second-order valence-electron chi connectivity index (χ2n) is 17.1. The summed E-state index contributed by atoms with van der Waals surface area (Å²) in [6, 6.07) is 79.7. The summed E-state index contributed by atoms with van der Waals surface area (Å²) >= 11 is 0. The number of hydrogen-bond acceptors (Lipinski definition) is 1. The molecule has 0 spiro atoms. The minimum absolute atomic E-state index is 0.241. The number of nitrogens with zero attached hydrogens (tertiary/aromatic N) is 3. The summed E-state index contributed by atoms with van der Waals surface area (Å²) < 4.78 is 4.76. The molecule has 0 saturated carbocycles. The Morgan fingerprint density at radius 2 is 0.846 bits per heavy atom. The summed E-state index contributed by atoms with van der Waals surface area (Å²) in [5, 5.41) is 4.91. The van der Waals surface area contributed by atoms with Gasteiger partial charge in [0, 0.05) is 50.0 Å². The topological polar surface area (TPSA) is 13.1 Å². The van der Waals surface area contributed by atoms with Crippen LogP contribution in [0.3, 0.4) is 0 Å². The van der Waals surface area contributed by atoms with E-state index in [0.29, 0.717) is 0 Å². The Morgan fingerprint density at radius 1 is 0.415 bits per heavy atom. The summed E-state index contributed by atoms with van der Waals surface area (Å²) in [6.07, 6.45) is 4.78. The molecule has 65 heavy (non-hydrogen) atoms. The van der Waals surface area contributed by atoms with E-state index in [1.807, 2.05) is 12.2 Å². The van der Waals surface area contributed by atoms with Crippen molar-refractivity contribution in [3.8, 4) is 11.4 Å². The van der Waals surface area contributed by atoms with Gasteiger partial charge in [0.25, 0.3) is 0 Å². The van der Waals surface area contributed by atoms with Crippen LogP contribution in [-0.4, -0.2) is 9.13 Å². The zero-order chi connectivity index (χ0) is 43.9. The maximum atomic E-state index is 4.09. The lowest BCUT2D eigenvalue weighted by Crippen LogP contribution is -2.13. The van der Waals surface area contributed by atoms with Crippen LogP contribution in [0.25, 0.3) is 67.1 Å². The number of aromatic nitrogens is 2. The maximum absolute atomic E-state index is 4.09. The predicted molar refractivity (Wildman–Crippen MR) is 278 cm³/mol. The normalized spacial score (nSPS) is 12.4. The monoisotopic (exact) mass is 835 g/mol. The molecule has 2 atom stereocenters. The molecular formula is C62H49N3. The van der Waals surface area contributed by atoms with E-state index in [2.05, 4.69) is 253 Å². The lowest BCUT2D eigenvalue weighted by molar-refractivity contribution is 0.572. The van der Waals surface area contributed by atoms with Crippen molar-refractivity contribution in [3.63, 3.8) is 0 Å². The fraction of sp³-hybridized carbons (Fsp3) is 0.0645. The average Bonchev–Trinajstić information content (AvgIpc) is 3.88. The van der Waals surface area contributed by atoms with Crippen LogP contribution in [0.4, 0.5) is 17.1 Å². The molecule has 0 radical (unpaired) electrons. The highest BCUT2D eigenvalue weighted by molar-refractivity contribution is 6.12. The van der Waals surface area contributed by atoms with Gasteiger partial charge in [-0.05, 0) is 149 Å². The van der Waals surface area contributed by atoms with Crippen LogP contribution in [-0.2, 0) is 6.42 Å². The van der Waals surface area contributed by atoms with Gasteiger partial charge < -0.3 is 14.0 Å². The highest BCUT2D eigenvalue weighted by Crippen LogP contribution is 2.43. The summed E-state index contributed by atoms with van der Waals surface area (Å²) in [6.45, 7) is 10.6. The van der Waals surface area contributed by atoms with E-state index in [1.54, 1.807) is 0 Å². The molecule has 2 heterocycles. The Bertz CT molecular complexity index is 3490. The van der Waals surface area contributed by atoms with Crippen molar-refractivity contribution in [2.75, 3.05) is 4.90 Å². The summed E-state index contributed by atoms with van der Waals surface area (Å²) in [5.41, 5.74) is 16.6. The number of benzene rings is 9. The van der Waals surface area contributed by atoms with Crippen LogP contribution in [0.15, 0.2) is 232 Å². The first-order valence-corrected chi connectivity index (χ1v) is 22.6. The van der Waals surface area contributed by atoms with Crippen molar-refractivity contribution in [2.24, 2.45) is 0 Å². The second kappa shape index (κ2) is 16.9. The SMILES string of the molecule is C=Cc1ccc2c(c1)c1cc(CC(c3ccccc3)C(C)c3ccc(N(c4ccccc4)c4ccc5c(c4)c4cc(C=C)ccc4n5-c4ccccc4)cc3)ccc1n2-c1ccccc1. The van der Waals surface area contributed by atoms with Gasteiger partial charge in [-0.1, -0.05) is 147 Å². The van der Waals surface area contributed by atoms with Gasteiger partial charge >= 0.3 is 0 Å². The molecule has 0 fully saturated rings. The van der Waals surface area contributed by atoms with Gasteiger partial charge in [-0.3, -0.25) is 0 Å². The first-order valence-electron chi connectivity index (χ1n) is 22.6. The molecule has 9 aromatic carbocycles. The Morgan fingerprint density at radius 3 is 1.38 bits per heavy atom. The van der Waals surface area contributed by atoms with Crippen LogP contribution >= 0.6 is 0 Å². The molecular weight excluding hydrogens is 787 g/mol. The molecule has 312 valence electrons. The Hall–Kier alpha value is -8.14. The highest BCUT2D eigenvalue weighted by atomic mass is 15.1. The van der Waals surface area contributed by atoms with Crippen molar-refractivity contribution in [1.29, 1.82) is 0 Å². The number of fused-ring (bicyclic) bond motifs is 6. The fourth-order valence-electron chi connectivity index (χ4n) is 10.1. The van der Waals surface area contributed by atoms with Crippen molar-refractivity contribution < 1.29 is 0 Å². The molecule has 0 aliphatic heterocycles. The molecule has 11 rings (SSSR count). The molecule has 11 aromatic rings. The minimum Gasteiger partial charge on any atom is -0.310 e. The van der Waals surface area contributed by atoms with E-state index >= 15 is 0 Å². The largest absolute Gasteiger partial charge is 0.310 e. The number of hydrogen-bond donors (Lipinski definition) is 0. The van der Waals surface area contributed by atoms with Crippen LogP contribution in [0.1, 0.15) is 46.6 Å². The molecule has 2 aromatic heterocycles. The number of anilines is 3. The smallest absolute Gasteiger partial charge is 0.0542 e. The van der Waals surface area contributed by atoms with Gasteiger partial charge in [0.15, 0.2) is 0 Å². The van der Waals surface area contributed by atoms with Crippen molar-refractivity contribution in [1.82, 2.24) is 9.13 Å². The second-order valence-corrected chi connectivity index (χ2v) is 17.1. The Kier molecular flexibility index (Phi) is 10.3. The first kappa shape index (κ1) is 39.7. The molecule has 0 aliphatic carbocycles. The van der Waals surface area contributed by atoms with Crippen LogP contribution in [0.5, 0.6) is 0 Å². The zero-order valence-corrected chi connectivity index (χ0v) is 36.6. The third-order valence-corrected chi connectivity index (χ3v) is 13.4. The lowest BCUT2D eigenvalue weighted by atomic mass is 9.79. The van der Waals surface area contributed by atoms with Gasteiger partial charge in [-0.25, -0.2) is 0 Å². The van der Waals surface area contributed by atoms with Gasteiger partial charge in [0.05, 0.1) is 22.1 Å². The van der Waals surface area contributed by atoms with E-state index in [9.17, 15) is 0 Å². The quantitative estimate of drug-likeness (QED) is 0.119. The van der Waals surface area contributed by atoms with E-state index in [0.717, 1.165) is 46.0 Å². The zero-order valence-electron chi connectivity index (χ0n) is 36.6. The summed E-state index contributed by atoms with van der Waals surface area (Å²) in [7, 11) is 0. The molecule has 0 bridgehead atoms. The van der Waals surface area contributed by atoms with Crippen LogP contribution in [0, 0.1) is 0 Å². The Balaban J connectivity index is 0.973. The van der Waals surface area contributed by atoms with Crippen molar-refractivity contribution >= 4 is 72.8 Å². The van der Waals surface area contributed by atoms with Crippen LogP contribution in [0.2, 0.25) is 0 Å². The number of rotatable bonds is 12. The fourth-order valence-corrected chi connectivity index (χ4v) is 10.1. The molecule has 0 amide bonds. The molecule has 0 saturated heterocycles. The van der Waals surface area contributed by atoms with Crippen molar-refractivity contribution in [3.05, 3.63) is 259 Å². The molecule has 3 heteroatoms. The number of para-hydroxylation sites is 3. The van der Waals surface area contributed by atoms with E-state index in [4.69, 9.17) is 0 Å². The van der Waals surface area contributed by atoms with E-state index < -0.39 is 0 Å². The maximum Gasteiger partial charge on any atom is 0.0542 e. The third-order valence-electron chi connectivity index (χ3n) is 13.4. The highest BCUT2D eigenvalue weighted by Gasteiger charge is 2.24. The average molecular weight is 836 g/mol. The molecule has 0 N–H and O–H groups in total. The molecule has 3 nitrogen and oxygen atoms in total. The van der Waals surface area contributed by atoms with Gasteiger partial charge in [-0.2, -0.15) is 0 Å². The van der Waals surface area contributed by atoms with Gasteiger partial charge in [0.1, 0.15) is 0 Å². The predicted octanol–water partition coefficient (Wildman–Crippen LogP) is 16.8. The lowest BCUT2D eigenvalue weighted by Gasteiger charge is -2.28. The van der Waals surface area contributed by atoms with Crippen molar-refractivity contribution in [2.45, 2.75) is 25.2 Å². The molecule has 0 aliphatic rings. The third kappa shape index (κ3) is 7.22. The minimum atomic E-state index is 0.241. The summed E-state index contributed by atoms with van der Waals surface area (Å²) in [5.74, 6) is 0.491. The standard InChI is InChI=1S/C62H49N3/c1-4-44-26-34-59-55(38-44)57-41-46(28-36-61(57)64(59)50-22-14-8-15-23-50)40-54(48-18-10-6-11-19-48)43(3)47-29-31-52(32-30-47)63(49-20-12-7-13-21-49)53-33-37-62-58(42-53)56-39-45(5-2)27-35-60(56)65(62)51-24-16-9-17-25-51/h4-39,41-43,54H,1-2,40H2,3H3. The molecule has 2 unspecified atom stereocenters. The van der Waals surface area contributed by atoms with Crippen LogP contribution < -0.4 is 4.90 Å². The summed E-state index contributed by atoms with van der Waals surface area (Å²) in [4.78, 5) is 2.38. The first-order chi connectivity index (χ1) is 32.1. The van der Waals surface area contributed by atoms with Gasteiger partial charge in [-0.15, -0.1) is 0 Å². The van der Waals surface area contributed by atoms with Gasteiger partial charge in [0.2, 0.25) is 0 Å².